The molecule has 0 saturated heterocycles. The van der Waals surface area contributed by atoms with Crippen molar-refractivity contribution in [3.63, 3.8) is 0 Å². The number of hydrogen-bond donors (Lipinski definition) is 2. The summed E-state index contributed by atoms with van der Waals surface area (Å²) in [6.07, 6.45) is 6.91. The van der Waals surface area contributed by atoms with Crippen molar-refractivity contribution in [2.75, 3.05) is 38.3 Å². The molecule has 0 bridgehead atoms. The monoisotopic (exact) mass is 652 g/mol. The van der Waals surface area contributed by atoms with E-state index in [1.54, 1.807) is 48.5 Å². The van der Waals surface area contributed by atoms with Crippen LogP contribution in [0.25, 0.3) is 0 Å². The molecule has 0 radical (unpaired) electrons. The first-order chi connectivity index (χ1) is 22.2. The molecule has 0 unspecified atom stereocenters. The smallest absolute Gasteiger partial charge is 0.264 e. The zero-order valence-electron chi connectivity index (χ0n) is 26.2. The molecule has 1 aliphatic rings. The fraction of sp³-hybridized carbons (Fsp3) is 0.364. The van der Waals surface area contributed by atoms with E-state index in [0.29, 0.717) is 29.4 Å². The summed E-state index contributed by atoms with van der Waals surface area (Å²) in [7, 11) is -1.38. The molecule has 1 fully saturated rings. The standard InChI is InChI=1S/C33H40N4O8S/c1-4-44-27-16-12-26(13-17-27)37(46(40,41)29-18-19-30(42-2)31(20-29)43-3)22-32(38)36-34-21-24-10-14-28(15-11-24)45-23-33(39)35-25-8-6-5-7-9-25/h10-21,25H,4-9,22-23H2,1-3H3,(H,35,39)(H,36,38)/b34-21-. The molecule has 0 aromatic heterocycles. The van der Waals surface area contributed by atoms with Crippen molar-refractivity contribution in [2.45, 2.75) is 50.0 Å². The molecule has 0 aliphatic heterocycles. The number of rotatable bonds is 15. The number of nitrogens with one attached hydrogen (secondary N) is 2. The summed E-state index contributed by atoms with van der Waals surface area (Å²) in [5, 5.41) is 7.01. The normalized spacial score (nSPS) is 13.5. The van der Waals surface area contributed by atoms with Crippen molar-refractivity contribution in [1.29, 1.82) is 0 Å². The van der Waals surface area contributed by atoms with Crippen molar-refractivity contribution in [3.05, 3.63) is 72.3 Å². The molecule has 0 heterocycles. The molecule has 2 amide bonds. The third-order valence-corrected chi connectivity index (χ3v) is 9.06. The fourth-order valence-electron chi connectivity index (χ4n) is 4.95. The van der Waals surface area contributed by atoms with E-state index in [1.807, 2.05) is 6.92 Å². The largest absolute Gasteiger partial charge is 0.494 e. The summed E-state index contributed by atoms with van der Waals surface area (Å²) in [6, 6.07) is 17.6. The Bertz CT molecular complexity index is 1590. The first kappa shape index (κ1) is 34.1. The minimum Gasteiger partial charge on any atom is -0.494 e. The van der Waals surface area contributed by atoms with Crippen LogP contribution >= 0.6 is 0 Å². The number of carbonyl (C=O) groups is 2. The van der Waals surface area contributed by atoms with Crippen molar-refractivity contribution >= 4 is 33.7 Å². The maximum Gasteiger partial charge on any atom is 0.264 e. The van der Waals surface area contributed by atoms with Gasteiger partial charge in [-0.15, -0.1) is 0 Å². The van der Waals surface area contributed by atoms with Gasteiger partial charge in [-0.3, -0.25) is 13.9 Å². The van der Waals surface area contributed by atoms with Gasteiger partial charge in [-0.25, -0.2) is 13.8 Å². The highest BCUT2D eigenvalue weighted by Crippen LogP contribution is 2.32. The Labute approximate surface area is 269 Å². The molecule has 3 aromatic rings. The lowest BCUT2D eigenvalue weighted by Crippen LogP contribution is -2.39. The predicted octanol–water partition coefficient (Wildman–Crippen LogP) is 4.28. The van der Waals surface area contributed by atoms with Gasteiger partial charge >= 0.3 is 0 Å². The van der Waals surface area contributed by atoms with Gasteiger partial charge in [0.2, 0.25) is 0 Å². The van der Waals surface area contributed by atoms with Crippen molar-refractivity contribution in [2.24, 2.45) is 5.10 Å². The summed E-state index contributed by atoms with van der Waals surface area (Å²) in [4.78, 5) is 25.1. The second-order valence-electron chi connectivity index (χ2n) is 10.5. The summed E-state index contributed by atoms with van der Waals surface area (Å²) in [6.45, 7) is 1.66. The van der Waals surface area contributed by atoms with Crippen LogP contribution in [0, 0.1) is 0 Å². The molecule has 1 aliphatic carbocycles. The van der Waals surface area contributed by atoms with Gasteiger partial charge in [-0.05, 0) is 86.0 Å². The van der Waals surface area contributed by atoms with E-state index in [9.17, 15) is 18.0 Å². The van der Waals surface area contributed by atoms with Crippen LogP contribution in [0.3, 0.4) is 0 Å². The number of hydrogen-bond acceptors (Lipinski definition) is 9. The Kier molecular flexibility index (Phi) is 12.2. The summed E-state index contributed by atoms with van der Waals surface area (Å²) < 4.78 is 50.2. The molecule has 12 nitrogen and oxygen atoms in total. The third kappa shape index (κ3) is 9.36. The van der Waals surface area contributed by atoms with E-state index in [2.05, 4.69) is 15.8 Å². The van der Waals surface area contributed by atoms with Crippen LogP contribution in [0.15, 0.2) is 76.7 Å². The van der Waals surface area contributed by atoms with Crippen molar-refractivity contribution in [3.8, 4) is 23.0 Å². The van der Waals surface area contributed by atoms with E-state index in [1.165, 1.54) is 45.1 Å². The molecule has 246 valence electrons. The Hall–Kier alpha value is -4.78. The third-order valence-electron chi connectivity index (χ3n) is 7.29. The molecule has 1 saturated carbocycles. The van der Waals surface area contributed by atoms with Gasteiger partial charge in [0.15, 0.2) is 18.1 Å². The molecular weight excluding hydrogens is 612 g/mol. The lowest BCUT2D eigenvalue weighted by atomic mass is 9.95. The Balaban J connectivity index is 1.40. The second kappa shape index (κ2) is 16.5. The van der Waals surface area contributed by atoms with Crippen LogP contribution in [-0.2, 0) is 19.6 Å². The number of amides is 2. The van der Waals surface area contributed by atoms with Gasteiger partial charge in [0, 0.05) is 12.1 Å². The number of ether oxygens (including phenoxy) is 4. The molecule has 13 heteroatoms. The van der Waals surface area contributed by atoms with Crippen LogP contribution in [0.4, 0.5) is 5.69 Å². The van der Waals surface area contributed by atoms with Gasteiger partial charge in [0.25, 0.3) is 21.8 Å². The van der Waals surface area contributed by atoms with Gasteiger partial charge in [-0.1, -0.05) is 19.3 Å². The quantitative estimate of drug-likeness (QED) is 0.183. The molecule has 4 rings (SSSR count). The first-order valence-electron chi connectivity index (χ1n) is 15.0. The molecule has 0 atom stereocenters. The van der Waals surface area contributed by atoms with E-state index in [0.717, 1.165) is 30.0 Å². The Morgan fingerprint density at radius 3 is 2.17 bits per heavy atom. The highest BCUT2D eigenvalue weighted by molar-refractivity contribution is 7.92. The lowest BCUT2D eigenvalue weighted by molar-refractivity contribution is -0.124. The van der Waals surface area contributed by atoms with Gasteiger partial charge in [-0.2, -0.15) is 5.10 Å². The number of anilines is 1. The van der Waals surface area contributed by atoms with E-state index in [4.69, 9.17) is 18.9 Å². The van der Waals surface area contributed by atoms with Crippen LogP contribution in [0.5, 0.6) is 23.0 Å². The number of methoxy groups -OCH3 is 2. The topological polar surface area (TPSA) is 145 Å². The maximum atomic E-state index is 13.8. The van der Waals surface area contributed by atoms with Crippen LogP contribution in [-0.4, -0.2) is 66.5 Å². The second-order valence-corrected chi connectivity index (χ2v) is 12.4. The summed E-state index contributed by atoms with van der Waals surface area (Å²) in [5.74, 6) is 0.851. The molecule has 0 spiro atoms. The SMILES string of the molecule is CCOc1ccc(N(CC(=O)N/N=C\c2ccc(OCC(=O)NC3CCCCC3)cc2)S(=O)(=O)c2ccc(OC)c(OC)c2)cc1. The minimum absolute atomic E-state index is 0.0724. The molecule has 46 heavy (non-hydrogen) atoms. The minimum atomic E-state index is -4.23. The van der Waals surface area contributed by atoms with Crippen LogP contribution in [0.1, 0.15) is 44.6 Å². The summed E-state index contributed by atoms with van der Waals surface area (Å²) >= 11 is 0. The summed E-state index contributed by atoms with van der Waals surface area (Å²) in [5.41, 5.74) is 3.30. The molecule has 2 N–H and O–H groups in total. The highest BCUT2D eigenvalue weighted by Gasteiger charge is 2.28. The zero-order chi connectivity index (χ0) is 32.9. The first-order valence-corrected chi connectivity index (χ1v) is 16.5. The van der Waals surface area contributed by atoms with E-state index < -0.39 is 22.5 Å². The predicted molar refractivity (Wildman–Crippen MR) is 174 cm³/mol. The lowest BCUT2D eigenvalue weighted by Gasteiger charge is -2.24. The van der Waals surface area contributed by atoms with Crippen molar-refractivity contribution < 1.29 is 37.0 Å². The molecular formula is C33H40N4O8S. The van der Waals surface area contributed by atoms with Crippen LogP contribution in [0.2, 0.25) is 0 Å². The zero-order valence-corrected chi connectivity index (χ0v) is 27.0. The highest BCUT2D eigenvalue weighted by atomic mass is 32.2. The number of hydrazone groups is 1. The average molecular weight is 653 g/mol. The van der Waals surface area contributed by atoms with E-state index in [-0.39, 0.29) is 34.9 Å². The van der Waals surface area contributed by atoms with Gasteiger partial charge < -0.3 is 24.3 Å². The van der Waals surface area contributed by atoms with Crippen molar-refractivity contribution in [1.82, 2.24) is 10.7 Å². The number of benzene rings is 3. The number of sulfonamides is 1. The number of carbonyl (C=O) groups excluding carboxylic acids is 2. The Morgan fingerprint density at radius 1 is 0.870 bits per heavy atom. The van der Waals surface area contributed by atoms with E-state index >= 15 is 0 Å². The van der Waals surface area contributed by atoms with Gasteiger partial charge in [0.1, 0.15) is 18.0 Å². The maximum absolute atomic E-state index is 13.8. The van der Waals surface area contributed by atoms with Crippen LogP contribution < -0.4 is 34.0 Å². The van der Waals surface area contributed by atoms with Gasteiger partial charge in [0.05, 0.1) is 37.6 Å². The molecule has 3 aromatic carbocycles. The number of nitrogens with zero attached hydrogens (tertiary/aromatic N) is 2. The Morgan fingerprint density at radius 2 is 1.52 bits per heavy atom. The fourth-order valence-corrected chi connectivity index (χ4v) is 6.39. The average Bonchev–Trinajstić information content (AvgIpc) is 3.07.